The van der Waals surface area contributed by atoms with Gasteiger partial charge in [0.25, 0.3) is 0 Å². The maximum Gasteiger partial charge on any atom is 0.243 e. The van der Waals surface area contributed by atoms with E-state index in [9.17, 15) is 17.6 Å². The Morgan fingerprint density at radius 1 is 1.11 bits per heavy atom. The average molecular weight is 499 g/mol. The smallest absolute Gasteiger partial charge is 0.243 e. The topological polar surface area (TPSA) is 73.8 Å². The number of carbonyl (C=O) groups excluding carboxylic acids is 1. The number of amides is 1. The van der Waals surface area contributed by atoms with Crippen LogP contribution in [0.1, 0.15) is 19.3 Å². The van der Waals surface area contributed by atoms with Gasteiger partial charge in [-0.05, 0) is 81.2 Å². The Morgan fingerprint density at radius 3 is 2.57 bits per heavy atom. The minimum atomic E-state index is -3.60. The zero-order valence-corrected chi connectivity index (χ0v) is 20.7. The molecule has 0 radical (unpaired) electrons. The van der Waals surface area contributed by atoms with Crippen LogP contribution in [0, 0.1) is 11.7 Å². The van der Waals surface area contributed by atoms with Crippen molar-refractivity contribution < 1.29 is 17.6 Å². The zero-order chi connectivity index (χ0) is 24.8. The summed E-state index contributed by atoms with van der Waals surface area (Å²) < 4.78 is 41.2. The summed E-state index contributed by atoms with van der Waals surface area (Å²) in [5.74, 6) is -0.0244. The van der Waals surface area contributed by atoms with Crippen LogP contribution in [0.4, 0.5) is 10.1 Å². The number of sulfonamides is 1. The number of pyridine rings is 1. The van der Waals surface area contributed by atoms with Gasteiger partial charge in [0.05, 0.1) is 4.90 Å². The van der Waals surface area contributed by atoms with E-state index in [0.29, 0.717) is 35.0 Å². The van der Waals surface area contributed by atoms with Crippen molar-refractivity contribution in [3.8, 4) is 0 Å². The summed E-state index contributed by atoms with van der Waals surface area (Å²) in [4.78, 5) is 19.8. The van der Waals surface area contributed by atoms with Crippen LogP contribution < -0.4 is 4.90 Å². The molecule has 2 aromatic carbocycles. The third kappa shape index (κ3) is 6.04. The molecule has 3 aromatic rings. The van der Waals surface area contributed by atoms with Crippen molar-refractivity contribution in [2.24, 2.45) is 5.92 Å². The Bertz CT molecular complexity index is 1240. The summed E-state index contributed by atoms with van der Waals surface area (Å²) in [6, 6.07) is 12.9. The van der Waals surface area contributed by atoms with E-state index in [1.807, 2.05) is 6.07 Å². The molecule has 0 unspecified atom stereocenters. The van der Waals surface area contributed by atoms with E-state index in [1.54, 1.807) is 54.7 Å². The molecule has 35 heavy (non-hydrogen) atoms. The second-order valence-corrected chi connectivity index (χ2v) is 11.1. The minimum Gasteiger partial charge on any atom is -0.315 e. The maximum atomic E-state index is 13.3. The monoisotopic (exact) mass is 498 g/mol. The van der Waals surface area contributed by atoms with Crippen molar-refractivity contribution >= 4 is 32.9 Å². The third-order valence-electron chi connectivity index (χ3n) is 6.71. The van der Waals surface area contributed by atoms with Crippen LogP contribution in [0.2, 0.25) is 0 Å². The van der Waals surface area contributed by atoms with Crippen molar-refractivity contribution in [3.05, 3.63) is 66.7 Å². The highest BCUT2D eigenvalue weighted by atomic mass is 32.2. The molecule has 0 bridgehead atoms. The Kier molecular flexibility index (Phi) is 8.10. The number of hydrogen-bond donors (Lipinski definition) is 0. The van der Waals surface area contributed by atoms with Gasteiger partial charge in [-0.25, -0.2) is 17.1 Å². The van der Waals surface area contributed by atoms with E-state index in [2.05, 4.69) is 9.88 Å². The maximum absolute atomic E-state index is 13.3. The number of rotatable bonds is 10. The van der Waals surface area contributed by atoms with Crippen LogP contribution >= 0.6 is 0 Å². The lowest BCUT2D eigenvalue weighted by atomic mass is 9.97. The van der Waals surface area contributed by atoms with Crippen LogP contribution in [-0.4, -0.2) is 68.8 Å². The molecule has 7 nitrogen and oxygen atoms in total. The quantitative estimate of drug-likeness (QED) is 0.398. The molecule has 1 aromatic heterocycles. The molecule has 0 aliphatic carbocycles. The van der Waals surface area contributed by atoms with E-state index in [-0.39, 0.29) is 5.82 Å². The molecule has 2 heterocycles. The van der Waals surface area contributed by atoms with E-state index in [0.717, 1.165) is 50.7 Å². The van der Waals surface area contributed by atoms with E-state index >= 15 is 0 Å². The van der Waals surface area contributed by atoms with Gasteiger partial charge in [-0.3, -0.25) is 9.78 Å². The standard InChI is InChI=1S/C26H31FN4O3S/c1-29(35(33,34)26-5-2-4-22-18-28-13-10-25(22)26)19-21-11-16-30(17-12-21)14-3-15-31(20-32)24-8-6-23(27)7-9-24/h2,4-10,13,18,20-21H,3,11-12,14-17,19H2,1H3. The summed E-state index contributed by atoms with van der Waals surface area (Å²) in [5.41, 5.74) is 0.687. The first-order chi connectivity index (χ1) is 16.9. The molecule has 4 rings (SSSR count). The zero-order valence-electron chi connectivity index (χ0n) is 19.9. The van der Waals surface area contributed by atoms with Crippen molar-refractivity contribution in [2.45, 2.75) is 24.2 Å². The Labute approximate surface area is 206 Å². The molecule has 1 fully saturated rings. The second-order valence-electron chi connectivity index (χ2n) is 9.05. The number of likely N-dealkylation sites (tertiary alicyclic amines) is 1. The van der Waals surface area contributed by atoms with Crippen LogP contribution in [0.5, 0.6) is 0 Å². The lowest BCUT2D eigenvalue weighted by Gasteiger charge is -2.34. The summed E-state index contributed by atoms with van der Waals surface area (Å²) in [6.07, 6.45) is 6.74. The summed E-state index contributed by atoms with van der Waals surface area (Å²) in [5, 5.41) is 1.50. The minimum absolute atomic E-state index is 0.299. The van der Waals surface area contributed by atoms with Crippen molar-refractivity contribution in [1.29, 1.82) is 0 Å². The fourth-order valence-corrected chi connectivity index (χ4v) is 6.14. The van der Waals surface area contributed by atoms with Gasteiger partial charge in [-0.15, -0.1) is 0 Å². The Hall–Kier alpha value is -2.88. The number of halogens is 1. The number of anilines is 1. The van der Waals surface area contributed by atoms with Gasteiger partial charge >= 0.3 is 0 Å². The number of carbonyl (C=O) groups is 1. The number of nitrogens with zero attached hydrogens (tertiary/aromatic N) is 4. The molecule has 1 amide bonds. The van der Waals surface area contributed by atoms with Crippen LogP contribution in [0.25, 0.3) is 10.8 Å². The predicted molar refractivity (Wildman–Crippen MR) is 135 cm³/mol. The van der Waals surface area contributed by atoms with Gasteiger partial charge in [-0.1, -0.05) is 12.1 Å². The van der Waals surface area contributed by atoms with Crippen LogP contribution in [-0.2, 0) is 14.8 Å². The number of hydrogen-bond acceptors (Lipinski definition) is 5. The molecule has 0 saturated carbocycles. The summed E-state index contributed by atoms with van der Waals surface area (Å²) in [7, 11) is -1.95. The lowest BCUT2D eigenvalue weighted by molar-refractivity contribution is -0.107. The highest BCUT2D eigenvalue weighted by molar-refractivity contribution is 7.89. The lowest BCUT2D eigenvalue weighted by Crippen LogP contribution is -2.40. The normalized spacial score (nSPS) is 15.5. The van der Waals surface area contributed by atoms with Crippen molar-refractivity contribution in [3.63, 3.8) is 0 Å². The first-order valence-electron chi connectivity index (χ1n) is 11.9. The first-order valence-corrected chi connectivity index (χ1v) is 13.3. The molecule has 0 spiro atoms. The predicted octanol–water partition coefficient (Wildman–Crippen LogP) is 3.76. The van der Waals surface area contributed by atoms with E-state index in [1.165, 1.54) is 16.4 Å². The average Bonchev–Trinajstić information content (AvgIpc) is 2.88. The van der Waals surface area contributed by atoms with Gasteiger partial charge in [0.15, 0.2) is 0 Å². The number of fused-ring (bicyclic) bond motifs is 1. The van der Waals surface area contributed by atoms with Gasteiger partial charge in [-0.2, -0.15) is 0 Å². The molecule has 186 valence electrons. The second kappa shape index (κ2) is 11.2. The van der Waals surface area contributed by atoms with Crippen LogP contribution in [0.3, 0.4) is 0 Å². The van der Waals surface area contributed by atoms with Gasteiger partial charge in [0.2, 0.25) is 16.4 Å². The highest BCUT2D eigenvalue weighted by Crippen LogP contribution is 2.27. The SMILES string of the molecule is CN(CC1CCN(CCCN(C=O)c2ccc(F)cc2)CC1)S(=O)(=O)c1cccc2cnccc12. The highest BCUT2D eigenvalue weighted by Gasteiger charge is 2.27. The van der Waals surface area contributed by atoms with Gasteiger partial charge in [0.1, 0.15) is 5.82 Å². The number of piperidine rings is 1. The Morgan fingerprint density at radius 2 is 1.86 bits per heavy atom. The number of aromatic nitrogens is 1. The van der Waals surface area contributed by atoms with Gasteiger partial charge < -0.3 is 9.80 Å². The van der Waals surface area contributed by atoms with E-state index in [4.69, 9.17) is 0 Å². The fraction of sp³-hybridized carbons (Fsp3) is 0.385. The van der Waals surface area contributed by atoms with Gasteiger partial charge in [0, 0.05) is 49.0 Å². The van der Waals surface area contributed by atoms with Crippen molar-refractivity contribution in [2.75, 3.05) is 44.7 Å². The largest absolute Gasteiger partial charge is 0.315 e. The Balaban J connectivity index is 1.26. The molecule has 0 N–H and O–H groups in total. The molecule has 0 atom stereocenters. The van der Waals surface area contributed by atoms with Crippen molar-refractivity contribution in [1.82, 2.24) is 14.2 Å². The number of benzene rings is 2. The molecule has 1 saturated heterocycles. The first kappa shape index (κ1) is 25.2. The molecular weight excluding hydrogens is 467 g/mol. The molecular formula is C26H31FN4O3S. The molecule has 1 aliphatic heterocycles. The fourth-order valence-electron chi connectivity index (χ4n) is 4.68. The molecule has 9 heteroatoms. The summed E-state index contributed by atoms with van der Waals surface area (Å²) in [6.45, 7) is 3.71. The third-order valence-corrected chi connectivity index (χ3v) is 8.59. The van der Waals surface area contributed by atoms with E-state index < -0.39 is 10.0 Å². The molecule has 1 aliphatic rings. The summed E-state index contributed by atoms with van der Waals surface area (Å²) >= 11 is 0. The van der Waals surface area contributed by atoms with Crippen LogP contribution in [0.15, 0.2) is 65.8 Å².